The molecule has 0 aromatic rings. The largest absolute Gasteiger partial charge is 0.478 e. The summed E-state index contributed by atoms with van der Waals surface area (Å²) in [7, 11) is 0. The van der Waals surface area contributed by atoms with Crippen molar-refractivity contribution in [2.75, 3.05) is 12.5 Å². The molecule has 4 nitrogen and oxygen atoms in total. The van der Waals surface area contributed by atoms with Gasteiger partial charge in [-0.3, -0.25) is 0 Å². The number of carbonyl (C=O) groups excluding carboxylic acids is 1. The number of carboxylic acid groups (broad SMARTS) is 1. The monoisotopic (exact) mass is 196 g/mol. The Morgan fingerprint density at radius 1 is 1.58 bits per heavy atom. The Hall–Kier alpha value is -1.10. The Balaban J connectivity index is 4.01. The van der Waals surface area contributed by atoms with E-state index in [1.165, 1.54) is 0 Å². The van der Waals surface area contributed by atoms with Crippen molar-refractivity contribution in [3.8, 4) is 0 Å². The highest BCUT2D eigenvalue weighted by Crippen LogP contribution is 1.99. The lowest BCUT2D eigenvalue weighted by Crippen LogP contribution is -2.08. The second kappa shape index (κ2) is 5.54. The molecule has 0 aromatic carbocycles. The maximum Gasteiger partial charge on any atom is 0.367 e. The van der Waals surface area contributed by atoms with Crippen molar-refractivity contribution in [1.29, 1.82) is 0 Å². The summed E-state index contributed by atoms with van der Waals surface area (Å²) in [5, 5.41) is 8.01. The van der Waals surface area contributed by atoms with Crippen LogP contribution in [0.2, 0.25) is 0 Å². The van der Waals surface area contributed by atoms with E-state index in [0.717, 1.165) is 0 Å². The lowest BCUT2D eigenvalue weighted by atomic mass is 10.5. The Labute approximate surface area is 72.6 Å². The Kier molecular flexibility index (Phi) is 5.03. The van der Waals surface area contributed by atoms with Crippen LogP contribution in [0.5, 0.6) is 0 Å². The maximum atomic E-state index is 12.3. The Bertz CT molecular complexity index is 214. The van der Waals surface area contributed by atoms with Crippen LogP contribution in [0, 0.1) is 0 Å². The molecule has 68 valence electrons. The van der Waals surface area contributed by atoms with Gasteiger partial charge in [0.15, 0.2) is 0 Å². The average Bonchev–Trinajstić information content (AvgIpc) is 1.98. The maximum absolute atomic E-state index is 12.3. The minimum Gasteiger partial charge on any atom is -0.478 e. The van der Waals surface area contributed by atoms with Crippen LogP contribution in [0.25, 0.3) is 0 Å². The van der Waals surface area contributed by atoms with E-state index in [9.17, 15) is 14.0 Å². The molecule has 0 aliphatic heterocycles. The van der Waals surface area contributed by atoms with Gasteiger partial charge in [0.25, 0.3) is 0 Å². The van der Waals surface area contributed by atoms with Crippen LogP contribution in [0.1, 0.15) is 0 Å². The van der Waals surface area contributed by atoms with Gasteiger partial charge >= 0.3 is 11.9 Å². The number of hydrogen-bond donors (Lipinski definition) is 1. The highest BCUT2D eigenvalue weighted by Gasteiger charge is 2.11. The van der Waals surface area contributed by atoms with Crippen molar-refractivity contribution in [3.63, 3.8) is 0 Å². The fourth-order valence-electron chi connectivity index (χ4n) is 0.368. The molecule has 0 bridgehead atoms. The van der Waals surface area contributed by atoms with E-state index < -0.39 is 17.8 Å². The zero-order valence-corrected chi connectivity index (χ0v) is 6.68. The fraction of sp³-hybridized carbons (Fsp3) is 0.333. The van der Waals surface area contributed by atoms with Gasteiger partial charge in [-0.2, -0.15) is 4.39 Å². The third-order valence-electron chi connectivity index (χ3n) is 0.756. The van der Waals surface area contributed by atoms with E-state index in [-0.39, 0.29) is 18.6 Å². The molecule has 0 rings (SSSR count). The van der Waals surface area contributed by atoms with Crippen molar-refractivity contribution in [3.05, 3.63) is 11.9 Å². The van der Waals surface area contributed by atoms with Gasteiger partial charge < -0.3 is 9.84 Å². The fourth-order valence-corrected chi connectivity index (χ4v) is 0.445. The Morgan fingerprint density at radius 2 is 2.17 bits per heavy atom. The molecule has 12 heavy (non-hydrogen) atoms. The minimum atomic E-state index is -1.55. The molecule has 6 heteroatoms. The number of rotatable bonds is 4. The molecule has 0 aliphatic rings. The van der Waals surface area contributed by atoms with Crippen LogP contribution in [-0.2, 0) is 14.3 Å². The number of carbonyl (C=O) groups is 2. The van der Waals surface area contributed by atoms with Crippen LogP contribution < -0.4 is 0 Å². The van der Waals surface area contributed by atoms with E-state index >= 15 is 0 Å². The molecule has 0 saturated heterocycles. The lowest BCUT2D eigenvalue weighted by molar-refractivity contribution is -0.141. The first-order chi connectivity index (χ1) is 5.57. The summed E-state index contributed by atoms with van der Waals surface area (Å²) in [6.07, 6.45) is 0.122. The van der Waals surface area contributed by atoms with Gasteiger partial charge in [-0.25, -0.2) is 9.59 Å². The van der Waals surface area contributed by atoms with Crippen LogP contribution in [0.3, 0.4) is 0 Å². The number of hydrogen-bond acceptors (Lipinski definition) is 3. The minimum absolute atomic E-state index is 0.0338. The van der Waals surface area contributed by atoms with Gasteiger partial charge in [0.1, 0.15) is 6.61 Å². The zero-order valence-electron chi connectivity index (χ0n) is 5.92. The van der Waals surface area contributed by atoms with Crippen molar-refractivity contribution in [2.45, 2.75) is 0 Å². The summed E-state index contributed by atoms with van der Waals surface area (Å²) in [6, 6.07) is 0. The molecule has 0 fully saturated rings. The summed E-state index contributed by atoms with van der Waals surface area (Å²) in [5.41, 5.74) is 0. The number of carboxylic acids is 1. The van der Waals surface area contributed by atoms with Crippen molar-refractivity contribution < 1.29 is 23.8 Å². The van der Waals surface area contributed by atoms with Crippen LogP contribution >= 0.6 is 11.6 Å². The summed E-state index contributed by atoms with van der Waals surface area (Å²) >= 11 is 5.12. The first-order valence-corrected chi connectivity index (χ1v) is 3.44. The van der Waals surface area contributed by atoms with Gasteiger partial charge in [-0.15, -0.1) is 11.6 Å². The molecule has 0 amide bonds. The Morgan fingerprint density at radius 3 is 2.58 bits per heavy atom. The number of esters is 1. The van der Waals surface area contributed by atoms with E-state index in [1.807, 2.05) is 0 Å². The molecule has 0 spiro atoms. The predicted octanol–water partition coefficient (Wildman–Crippen LogP) is 0.706. The van der Waals surface area contributed by atoms with E-state index in [0.29, 0.717) is 0 Å². The number of ether oxygens (including phenoxy) is 1. The summed E-state index contributed by atoms with van der Waals surface area (Å²) < 4.78 is 16.5. The van der Waals surface area contributed by atoms with Gasteiger partial charge in [0, 0.05) is 0 Å². The standard InChI is InChI=1S/C6H6ClFO4/c7-1-2-12-6(11)4(8)3-5(9)10/h3H,1-2H2,(H,9,10)/b4-3-. The molecular weight excluding hydrogens is 191 g/mol. The number of halogens is 2. The van der Waals surface area contributed by atoms with E-state index in [2.05, 4.69) is 4.74 Å². The predicted molar refractivity (Wildman–Crippen MR) is 38.5 cm³/mol. The number of alkyl halides is 1. The molecule has 1 N–H and O–H groups in total. The van der Waals surface area contributed by atoms with Crippen molar-refractivity contribution >= 4 is 23.5 Å². The zero-order chi connectivity index (χ0) is 9.56. The first-order valence-electron chi connectivity index (χ1n) is 2.91. The summed E-state index contributed by atoms with van der Waals surface area (Å²) in [6.45, 7) is -0.152. The molecule has 0 unspecified atom stereocenters. The normalized spacial score (nSPS) is 11.0. The summed E-state index contributed by atoms with van der Waals surface area (Å²) in [4.78, 5) is 20.3. The van der Waals surface area contributed by atoms with Gasteiger partial charge in [0.2, 0.25) is 5.83 Å². The van der Waals surface area contributed by atoms with Crippen molar-refractivity contribution in [2.24, 2.45) is 0 Å². The smallest absolute Gasteiger partial charge is 0.367 e. The van der Waals surface area contributed by atoms with Crippen LogP contribution in [-0.4, -0.2) is 29.5 Å². The highest BCUT2D eigenvalue weighted by molar-refractivity contribution is 6.18. The molecular formula is C6H6ClFO4. The van der Waals surface area contributed by atoms with E-state index in [1.54, 1.807) is 0 Å². The van der Waals surface area contributed by atoms with Crippen molar-refractivity contribution in [1.82, 2.24) is 0 Å². The third kappa shape index (κ3) is 4.68. The second-order valence-electron chi connectivity index (χ2n) is 1.66. The molecule has 0 aliphatic carbocycles. The SMILES string of the molecule is O=C(O)/C=C(\F)C(=O)OCCCl. The average molecular weight is 197 g/mol. The molecule has 0 heterocycles. The second-order valence-corrected chi connectivity index (χ2v) is 2.03. The molecule has 0 aromatic heterocycles. The van der Waals surface area contributed by atoms with Crippen LogP contribution in [0.15, 0.2) is 11.9 Å². The molecule has 0 saturated carbocycles. The third-order valence-corrected chi connectivity index (χ3v) is 0.910. The van der Waals surface area contributed by atoms with E-state index in [4.69, 9.17) is 16.7 Å². The van der Waals surface area contributed by atoms with Gasteiger partial charge in [-0.1, -0.05) is 0 Å². The quantitative estimate of drug-likeness (QED) is 0.409. The van der Waals surface area contributed by atoms with Gasteiger partial charge in [-0.05, 0) is 0 Å². The summed E-state index contributed by atoms with van der Waals surface area (Å²) in [5.74, 6) is -4.28. The molecule has 0 radical (unpaired) electrons. The first kappa shape index (κ1) is 10.9. The number of aliphatic carboxylic acids is 1. The van der Waals surface area contributed by atoms with Gasteiger partial charge in [0.05, 0.1) is 12.0 Å². The molecule has 0 atom stereocenters. The topological polar surface area (TPSA) is 63.6 Å². The van der Waals surface area contributed by atoms with Crippen LogP contribution in [0.4, 0.5) is 4.39 Å². The highest BCUT2D eigenvalue weighted by atomic mass is 35.5. The lowest BCUT2D eigenvalue weighted by Gasteiger charge is -1.97.